The molecule has 2 N–H and O–H groups in total. The van der Waals surface area contributed by atoms with Crippen LogP contribution >= 0.6 is 15.9 Å². The lowest BCUT2D eigenvalue weighted by Gasteiger charge is -2.02. The van der Waals surface area contributed by atoms with E-state index >= 15 is 0 Å². The SMILES string of the molecule is Nc1cc(CCc2cncc(Br)c2)ccn1. The first-order valence-corrected chi connectivity index (χ1v) is 5.83. The Morgan fingerprint density at radius 1 is 1.12 bits per heavy atom. The van der Waals surface area contributed by atoms with Crippen LogP contribution in [0.4, 0.5) is 5.82 Å². The molecule has 0 aliphatic carbocycles. The second kappa shape index (κ2) is 5.07. The van der Waals surface area contributed by atoms with E-state index in [-0.39, 0.29) is 0 Å². The van der Waals surface area contributed by atoms with Crippen LogP contribution in [0.25, 0.3) is 0 Å². The zero-order valence-electron chi connectivity index (χ0n) is 8.73. The van der Waals surface area contributed by atoms with Crippen LogP contribution in [0.2, 0.25) is 0 Å². The molecule has 0 saturated carbocycles. The van der Waals surface area contributed by atoms with Gasteiger partial charge >= 0.3 is 0 Å². The molecule has 0 aliphatic heterocycles. The standard InChI is InChI=1S/C12H12BrN3/c13-11-5-10(7-15-8-11)2-1-9-3-4-16-12(14)6-9/h3-8H,1-2H2,(H2,14,16). The number of aromatic nitrogens is 2. The molecule has 0 fully saturated rings. The van der Waals surface area contributed by atoms with E-state index in [1.165, 1.54) is 11.1 Å². The molecule has 82 valence electrons. The maximum Gasteiger partial charge on any atom is 0.123 e. The average Bonchev–Trinajstić information content (AvgIpc) is 2.27. The maximum atomic E-state index is 5.62. The van der Waals surface area contributed by atoms with Crippen LogP contribution in [0.1, 0.15) is 11.1 Å². The van der Waals surface area contributed by atoms with Gasteiger partial charge in [-0.1, -0.05) is 0 Å². The first-order valence-electron chi connectivity index (χ1n) is 5.04. The van der Waals surface area contributed by atoms with Gasteiger partial charge < -0.3 is 5.73 Å². The Hall–Kier alpha value is -1.42. The third-order valence-corrected chi connectivity index (χ3v) is 2.74. The number of aryl methyl sites for hydroxylation is 2. The van der Waals surface area contributed by atoms with Gasteiger partial charge in [0.1, 0.15) is 5.82 Å². The minimum absolute atomic E-state index is 0.574. The molecule has 3 nitrogen and oxygen atoms in total. The summed E-state index contributed by atoms with van der Waals surface area (Å²) in [5, 5.41) is 0. The molecule has 16 heavy (non-hydrogen) atoms. The molecule has 4 heteroatoms. The number of nitrogens with two attached hydrogens (primary N) is 1. The zero-order chi connectivity index (χ0) is 11.4. The van der Waals surface area contributed by atoms with Crippen LogP contribution in [0.3, 0.4) is 0 Å². The van der Waals surface area contributed by atoms with E-state index in [1.54, 1.807) is 12.4 Å². The molecule has 0 atom stereocenters. The quantitative estimate of drug-likeness (QED) is 0.938. The molecular weight excluding hydrogens is 266 g/mol. The third-order valence-electron chi connectivity index (χ3n) is 2.31. The van der Waals surface area contributed by atoms with Crippen LogP contribution in [0.5, 0.6) is 0 Å². The molecule has 2 rings (SSSR count). The fourth-order valence-electron chi connectivity index (χ4n) is 1.53. The monoisotopic (exact) mass is 277 g/mol. The summed E-state index contributed by atoms with van der Waals surface area (Å²) in [4.78, 5) is 8.10. The molecule has 0 spiro atoms. The summed E-state index contributed by atoms with van der Waals surface area (Å²) in [5.41, 5.74) is 8.03. The Bertz CT molecular complexity index is 440. The Kier molecular flexibility index (Phi) is 3.51. The van der Waals surface area contributed by atoms with Crippen molar-refractivity contribution in [1.82, 2.24) is 9.97 Å². The second-order valence-corrected chi connectivity index (χ2v) is 4.52. The lowest BCUT2D eigenvalue weighted by Crippen LogP contribution is -1.95. The summed E-state index contributed by atoms with van der Waals surface area (Å²) < 4.78 is 1.01. The summed E-state index contributed by atoms with van der Waals surface area (Å²) in [5.74, 6) is 0.574. The molecule has 0 bridgehead atoms. The van der Waals surface area contributed by atoms with Crippen LogP contribution < -0.4 is 5.73 Å². The van der Waals surface area contributed by atoms with Gasteiger partial charge in [-0.2, -0.15) is 0 Å². The lowest BCUT2D eigenvalue weighted by molar-refractivity contribution is 0.945. The Balaban J connectivity index is 2.02. The number of nitrogen functional groups attached to an aromatic ring is 1. The average molecular weight is 278 g/mol. The summed E-state index contributed by atoms with van der Waals surface area (Å²) in [6.45, 7) is 0. The van der Waals surface area contributed by atoms with Gasteiger partial charge in [-0.3, -0.25) is 4.98 Å². The van der Waals surface area contributed by atoms with E-state index in [1.807, 2.05) is 18.3 Å². The normalized spacial score (nSPS) is 10.3. The fraction of sp³-hybridized carbons (Fsp3) is 0.167. The van der Waals surface area contributed by atoms with Gasteiger partial charge in [0, 0.05) is 23.1 Å². The van der Waals surface area contributed by atoms with Crippen molar-refractivity contribution < 1.29 is 0 Å². The number of nitrogens with zero attached hydrogens (tertiary/aromatic N) is 2. The predicted molar refractivity (Wildman–Crippen MR) is 68.0 cm³/mol. The van der Waals surface area contributed by atoms with Crippen LogP contribution in [0, 0.1) is 0 Å². The lowest BCUT2D eigenvalue weighted by atomic mass is 10.1. The van der Waals surface area contributed by atoms with E-state index < -0.39 is 0 Å². The first-order chi connectivity index (χ1) is 7.74. The molecule has 2 aromatic rings. The number of rotatable bonds is 3. The van der Waals surface area contributed by atoms with E-state index in [4.69, 9.17) is 5.73 Å². The van der Waals surface area contributed by atoms with Crippen LogP contribution in [0.15, 0.2) is 41.3 Å². The number of pyridine rings is 2. The molecule has 0 saturated heterocycles. The molecule has 2 heterocycles. The zero-order valence-corrected chi connectivity index (χ0v) is 10.3. The molecule has 0 aromatic carbocycles. The maximum absolute atomic E-state index is 5.62. The van der Waals surface area contributed by atoms with Crippen molar-refractivity contribution in [1.29, 1.82) is 0 Å². The van der Waals surface area contributed by atoms with Crippen molar-refractivity contribution in [2.45, 2.75) is 12.8 Å². The van der Waals surface area contributed by atoms with Gasteiger partial charge in [0.25, 0.3) is 0 Å². The van der Waals surface area contributed by atoms with Crippen molar-refractivity contribution in [3.63, 3.8) is 0 Å². The number of anilines is 1. The molecular formula is C12H12BrN3. The highest BCUT2D eigenvalue weighted by atomic mass is 79.9. The van der Waals surface area contributed by atoms with Gasteiger partial charge in [0.2, 0.25) is 0 Å². The van der Waals surface area contributed by atoms with Crippen molar-refractivity contribution in [2.24, 2.45) is 0 Å². The van der Waals surface area contributed by atoms with Crippen molar-refractivity contribution >= 4 is 21.7 Å². The molecule has 0 radical (unpaired) electrons. The van der Waals surface area contributed by atoms with E-state index in [9.17, 15) is 0 Å². The third kappa shape index (κ3) is 3.03. The topological polar surface area (TPSA) is 51.8 Å². The minimum Gasteiger partial charge on any atom is -0.384 e. The van der Waals surface area contributed by atoms with E-state index in [0.717, 1.165) is 17.3 Å². The summed E-state index contributed by atoms with van der Waals surface area (Å²) in [7, 11) is 0. The predicted octanol–water partition coefficient (Wildman–Crippen LogP) is 2.61. The molecule has 0 aliphatic rings. The molecule has 0 amide bonds. The van der Waals surface area contributed by atoms with Gasteiger partial charge in [0.05, 0.1) is 0 Å². The summed E-state index contributed by atoms with van der Waals surface area (Å²) in [6.07, 6.45) is 7.31. The largest absolute Gasteiger partial charge is 0.384 e. The second-order valence-electron chi connectivity index (χ2n) is 3.60. The molecule has 0 unspecified atom stereocenters. The first kappa shape index (κ1) is 11.1. The van der Waals surface area contributed by atoms with E-state index in [0.29, 0.717) is 5.82 Å². The highest BCUT2D eigenvalue weighted by Gasteiger charge is 1.98. The minimum atomic E-state index is 0.574. The highest BCUT2D eigenvalue weighted by Crippen LogP contribution is 2.12. The van der Waals surface area contributed by atoms with Gasteiger partial charge in [-0.05, 0) is 58.1 Å². The van der Waals surface area contributed by atoms with Gasteiger partial charge in [0.15, 0.2) is 0 Å². The molecule has 2 aromatic heterocycles. The van der Waals surface area contributed by atoms with Crippen molar-refractivity contribution in [3.8, 4) is 0 Å². The van der Waals surface area contributed by atoms with Crippen LogP contribution in [-0.2, 0) is 12.8 Å². The fourth-order valence-corrected chi connectivity index (χ4v) is 1.94. The number of halogens is 1. The summed E-state index contributed by atoms with van der Waals surface area (Å²) in [6, 6.07) is 5.98. The Labute approximate surface area is 103 Å². The smallest absolute Gasteiger partial charge is 0.123 e. The van der Waals surface area contributed by atoms with Crippen LogP contribution in [-0.4, -0.2) is 9.97 Å². The van der Waals surface area contributed by atoms with Gasteiger partial charge in [-0.25, -0.2) is 4.98 Å². The Morgan fingerprint density at radius 2 is 1.94 bits per heavy atom. The Morgan fingerprint density at radius 3 is 2.69 bits per heavy atom. The van der Waals surface area contributed by atoms with Crippen molar-refractivity contribution in [3.05, 3.63) is 52.4 Å². The number of hydrogen-bond donors (Lipinski definition) is 1. The van der Waals surface area contributed by atoms with Crippen molar-refractivity contribution in [2.75, 3.05) is 5.73 Å². The summed E-state index contributed by atoms with van der Waals surface area (Å²) >= 11 is 3.41. The van der Waals surface area contributed by atoms with E-state index in [2.05, 4.69) is 32.0 Å². The van der Waals surface area contributed by atoms with Gasteiger partial charge in [-0.15, -0.1) is 0 Å². The highest BCUT2D eigenvalue weighted by molar-refractivity contribution is 9.10. The number of hydrogen-bond acceptors (Lipinski definition) is 3.